The minimum absolute atomic E-state index is 0.212. The van der Waals surface area contributed by atoms with Crippen LogP contribution in [0.5, 0.6) is 0 Å². The molecule has 0 fully saturated rings. The SMILES string of the molecule is CC(C)c1nnc(NC(=O)C=Cc2cccc(Br)c2)s1. The fourth-order valence-corrected chi connectivity index (χ4v) is 2.61. The first-order chi connectivity index (χ1) is 9.54. The zero-order valence-corrected chi connectivity index (χ0v) is 13.5. The van der Waals surface area contributed by atoms with Crippen LogP contribution >= 0.6 is 27.3 Å². The molecule has 0 radical (unpaired) electrons. The van der Waals surface area contributed by atoms with Gasteiger partial charge in [0, 0.05) is 16.5 Å². The van der Waals surface area contributed by atoms with E-state index in [1.165, 1.54) is 17.4 Å². The second kappa shape index (κ2) is 6.76. The molecule has 0 saturated heterocycles. The lowest BCUT2D eigenvalue weighted by Crippen LogP contribution is -2.07. The average Bonchev–Trinajstić information content (AvgIpc) is 2.85. The van der Waals surface area contributed by atoms with E-state index in [9.17, 15) is 4.79 Å². The summed E-state index contributed by atoms with van der Waals surface area (Å²) >= 11 is 4.79. The summed E-state index contributed by atoms with van der Waals surface area (Å²) in [5.74, 6) is 0.104. The average molecular weight is 352 g/mol. The number of hydrogen-bond donors (Lipinski definition) is 1. The van der Waals surface area contributed by atoms with E-state index in [0.29, 0.717) is 11.0 Å². The van der Waals surface area contributed by atoms with Crippen LogP contribution in [0.4, 0.5) is 5.13 Å². The lowest BCUT2D eigenvalue weighted by molar-refractivity contribution is -0.111. The van der Waals surface area contributed by atoms with Crippen molar-refractivity contribution < 1.29 is 4.79 Å². The number of carbonyl (C=O) groups is 1. The largest absolute Gasteiger partial charge is 0.297 e. The molecule has 4 nitrogen and oxygen atoms in total. The number of anilines is 1. The number of carbonyl (C=O) groups excluding carboxylic acids is 1. The Morgan fingerprint density at radius 3 is 2.85 bits per heavy atom. The van der Waals surface area contributed by atoms with Crippen LogP contribution in [0, 0.1) is 0 Å². The summed E-state index contributed by atoms with van der Waals surface area (Å²) < 4.78 is 0.978. The Kier molecular flexibility index (Phi) is 5.03. The zero-order chi connectivity index (χ0) is 14.5. The molecule has 0 spiro atoms. The Balaban J connectivity index is 1.98. The summed E-state index contributed by atoms with van der Waals surface area (Å²) in [4.78, 5) is 11.8. The van der Waals surface area contributed by atoms with Crippen LogP contribution in [-0.2, 0) is 4.79 Å². The predicted octanol–water partition coefficient (Wildman–Crippen LogP) is 4.08. The van der Waals surface area contributed by atoms with Gasteiger partial charge in [-0.25, -0.2) is 0 Å². The molecule has 0 aliphatic rings. The highest BCUT2D eigenvalue weighted by molar-refractivity contribution is 9.10. The van der Waals surface area contributed by atoms with Gasteiger partial charge in [-0.15, -0.1) is 10.2 Å². The summed E-state index contributed by atoms with van der Waals surface area (Å²) in [5, 5.41) is 12.1. The molecular formula is C14H14BrN3OS. The molecule has 0 atom stereocenters. The quantitative estimate of drug-likeness (QED) is 0.844. The van der Waals surface area contributed by atoms with Crippen LogP contribution < -0.4 is 5.32 Å². The molecule has 1 aromatic carbocycles. The van der Waals surface area contributed by atoms with Gasteiger partial charge in [-0.2, -0.15) is 0 Å². The highest BCUT2D eigenvalue weighted by Crippen LogP contribution is 2.22. The number of amides is 1. The summed E-state index contributed by atoms with van der Waals surface area (Å²) in [5.41, 5.74) is 0.953. The normalized spacial score (nSPS) is 11.2. The van der Waals surface area contributed by atoms with Crippen LogP contribution in [0.3, 0.4) is 0 Å². The molecule has 20 heavy (non-hydrogen) atoms. The minimum Gasteiger partial charge on any atom is -0.297 e. The Morgan fingerprint density at radius 2 is 2.20 bits per heavy atom. The van der Waals surface area contributed by atoms with Crippen LogP contribution in [0.25, 0.3) is 6.08 Å². The van der Waals surface area contributed by atoms with Crippen molar-refractivity contribution in [3.63, 3.8) is 0 Å². The molecule has 6 heteroatoms. The molecule has 1 amide bonds. The summed E-state index contributed by atoms with van der Waals surface area (Å²) in [6.07, 6.45) is 3.24. The molecule has 1 N–H and O–H groups in total. The lowest BCUT2D eigenvalue weighted by Gasteiger charge is -1.96. The fourth-order valence-electron chi connectivity index (χ4n) is 1.45. The lowest BCUT2D eigenvalue weighted by atomic mass is 10.2. The molecule has 2 rings (SSSR count). The van der Waals surface area contributed by atoms with Gasteiger partial charge < -0.3 is 0 Å². The van der Waals surface area contributed by atoms with Crippen LogP contribution in [-0.4, -0.2) is 16.1 Å². The van der Waals surface area contributed by atoms with Crippen LogP contribution in [0.15, 0.2) is 34.8 Å². The van der Waals surface area contributed by atoms with Gasteiger partial charge in [-0.3, -0.25) is 10.1 Å². The van der Waals surface area contributed by atoms with Crippen molar-refractivity contribution in [3.05, 3.63) is 45.4 Å². The van der Waals surface area contributed by atoms with E-state index in [-0.39, 0.29) is 5.91 Å². The number of hydrogen-bond acceptors (Lipinski definition) is 4. The third-order valence-corrected chi connectivity index (χ3v) is 4.07. The summed E-state index contributed by atoms with van der Waals surface area (Å²) in [6.45, 7) is 4.08. The first-order valence-electron chi connectivity index (χ1n) is 6.12. The number of benzene rings is 1. The van der Waals surface area contributed by atoms with Gasteiger partial charge >= 0.3 is 0 Å². The second-order valence-corrected chi connectivity index (χ2v) is 6.40. The maximum Gasteiger partial charge on any atom is 0.250 e. The molecule has 0 unspecified atom stereocenters. The molecule has 2 aromatic rings. The fraction of sp³-hybridized carbons (Fsp3) is 0.214. The van der Waals surface area contributed by atoms with Crippen molar-refractivity contribution in [1.82, 2.24) is 10.2 Å². The van der Waals surface area contributed by atoms with Crippen molar-refractivity contribution in [3.8, 4) is 0 Å². The van der Waals surface area contributed by atoms with Gasteiger partial charge in [0.15, 0.2) is 0 Å². The molecule has 0 saturated carbocycles. The van der Waals surface area contributed by atoms with Crippen LogP contribution in [0.1, 0.15) is 30.3 Å². The number of aromatic nitrogens is 2. The standard InChI is InChI=1S/C14H14BrN3OS/c1-9(2)13-17-18-14(20-13)16-12(19)7-6-10-4-3-5-11(15)8-10/h3-9H,1-2H3,(H,16,18,19). The first-order valence-corrected chi connectivity index (χ1v) is 7.73. The zero-order valence-electron chi connectivity index (χ0n) is 11.1. The van der Waals surface area contributed by atoms with E-state index in [0.717, 1.165) is 15.0 Å². The summed E-state index contributed by atoms with van der Waals surface area (Å²) in [6, 6.07) is 7.72. The van der Waals surface area contributed by atoms with Crippen molar-refractivity contribution in [2.75, 3.05) is 5.32 Å². The second-order valence-electron chi connectivity index (χ2n) is 4.48. The Hall–Kier alpha value is -1.53. The number of nitrogens with zero attached hydrogens (tertiary/aromatic N) is 2. The molecule has 1 aromatic heterocycles. The van der Waals surface area contributed by atoms with Gasteiger partial charge in [0.25, 0.3) is 0 Å². The Morgan fingerprint density at radius 1 is 1.40 bits per heavy atom. The van der Waals surface area contributed by atoms with Gasteiger partial charge in [-0.05, 0) is 23.8 Å². The predicted molar refractivity (Wildman–Crippen MR) is 85.8 cm³/mol. The van der Waals surface area contributed by atoms with Crippen molar-refractivity contribution in [2.45, 2.75) is 19.8 Å². The Labute approximate surface area is 130 Å². The van der Waals surface area contributed by atoms with Gasteiger partial charge in [0.2, 0.25) is 11.0 Å². The van der Waals surface area contributed by atoms with Crippen molar-refractivity contribution in [1.29, 1.82) is 0 Å². The molecular weight excluding hydrogens is 338 g/mol. The molecule has 0 aliphatic carbocycles. The van der Waals surface area contributed by atoms with Gasteiger partial charge in [-0.1, -0.05) is 53.2 Å². The molecule has 104 valence electrons. The van der Waals surface area contributed by atoms with E-state index < -0.39 is 0 Å². The third-order valence-electron chi connectivity index (χ3n) is 2.44. The maximum atomic E-state index is 11.8. The maximum absolute atomic E-state index is 11.8. The highest BCUT2D eigenvalue weighted by atomic mass is 79.9. The first kappa shape index (κ1) is 14.9. The smallest absolute Gasteiger partial charge is 0.250 e. The highest BCUT2D eigenvalue weighted by Gasteiger charge is 2.08. The van der Waals surface area contributed by atoms with E-state index >= 15 is 0 Å². The van der Waals surface area contributed by atoms with E-state index in [2.05, 4.69) is 31.4 Å². The van der Waals surface area contributed by atoms with Gasteiger partial charge in [0.05, 0.1) is 0 Å². The minimum atomic E-state index is -0.212. The summed E-state index contributed by atoms with van der Waals surface area (Å²) in [7, 11) is 0. The van der Waals surface area contributed by atoms with Gasteiger partial charge in [0.1, 0.15) is 5.01 Å². The number of nitrogens with one attached hydrogen (secondary N) is 1. The number of halogens is 1. The molecule has 0 bridgehead atoms. The van der Waals surface area contributed by atoms with Crippen molar-refractivity contribution >= 4 is 44.4 Å². The van der Waals surface area contributed by atoms with E-state index in [4.69, 9.17) is 0 Å². The van der Waals surface area contributed by atoms with E-state index in [1.807, 2.05) is 38.1 Å². The molecule has 0 aliphatic heterocycles. The third kappa shape index (κ3) is 4.25. The molecule has 1 heterocycles. The monoisotopic (exact) mass is 351 g/mol. The Bertz CT molecular complexity index is 637. The van der Waals surface area contributed by atoms with E-state index in [1.54, 1.807) is 6.08 Å². The topological polar surface area (TPSA) is 54.9 Å². The van der Waals surface area contributed by atoms with Crippen molar-refractivity contribution in [2.24, 2.45) is 0 Å². The van der Waals surface area contributed by atoms with Crippen LogP contribution in [0.2, 0.25) is 0 Å². The number of rotatable bonds is 4.